The Morgan fingerprint density at radius 3 is 2.70 bits per heavy atom. The van der Waals surface area contributed by atoms with Crippen molar-refractivity contribution in [2.24, 2.45) is 0 Å². The standard InChI is InChI=1S/C18H17N3O4S2/c22-16(23)3-1-2-10-21(18(24)25-13-6-8-19-9-7-13)12-4-5-14-15(11-12)27-17(26)20-14/h4-9,11H,1-3,10H2,(H,20,26)(H,22,23). The summed E-state index contributed by atoms with van der Waals surface area (Å²) >= 11 is 5.68. The number of thiol groups is 1. The summed E-state index contributed by atoms with van der Waals surface area (Å²) in [6.45, 7) is 0.342. The number of carboxylic acid groups (broad SMARTS) is 1. The molecule has 0 fully saturated rings. The van der Waals surface area contributed by atoms with Gasteiger partial charge in [0.25, 0.3) is 0 Å². The van der Waals surface area contributed by atoms with E-state index in [2.05, 4.69) is 22.6 Å². The highest BCUT2D eigenvalue weighted by Gasteiger charge is 2.19. The lowest BCUT2D eigenvalue weighted by Crippen LogP contribution is -2.34. The number of anilines is 1. The van der Waals surface area contributed by atoms with Gasteiger partial charge in [-0.25, -0.2) is 9.78 Å². The van der Waals surface area contributed by atoms with Gasteiger partial charge in [0.2, 0.25) is 0 Å². The van der Waals surface area contributed by atoms with Gasteiger partial charge in [0.05, 0.1) is 10.2 Å². The lowest BCUT2D eigenvalue weighted by atomic mass is 10.2. The minimum absolute atomic E-state index is 0.0597. The number of aromatic nitrogens is 2. The van der Waals surface area contributed by atoms with E-state index < -0.39 is 12.1 Å². The Morgan fingerprint density at radius 2 is 1.96 bits per heavy atom. The number of ether oxygens (including phenoxy) is 1. The molecule has 0 spiro atoms. The predicted molar refractivity (Wildman–Crippen MR) is 106 cm³/mol. The highest BCUT2D eigenvalue weighted by atomic mass is 32.2. The van der Waals surface area contributed by atoms with E-state index in [1.807, 2.05) is 12.1 Å². The van der Waals surface area contributed by atoms with Crippen molar-refractivity contribution >= 4 is 51.9 Å². The van der Waals surface area contributed by atoms with Crippen LogP contribution in [0.5, 0.6) is 5.75 Å². The van der Waals surface area contributed by atoms with Gasteiger partial charge in [0.15, 0.2) is 0 Å². The third-order valence-corrected chi connectivity index (χ3v) is 4.96. The Morgan fingerprint density at radius 1 is 1.19 bits per heavy atom. The summed E-state index contributed by atoms with van der Waals surface area (Å²) in [6.07, 6.45) is 3.61. The van der Waals surface area contributed by atoms with Crippen LogP contribution < -0.4 is 9.64 Å². The maximum absolute atomic E-state index is 12.7. The highest BCUT2D eigenvalue weighted by Crippen LogP contribution is 2.29. The van der Waals surface area contributed by atoms with E-state index in [0.717, 1.165) is 10.2 Å². The van der Waals surface area contributed by atoms with Gasteiger partial charge in [0, 0.05) is 31.0 Å². The smallest absolute Gasteiger partial charge is 0.419 e. The first-order chi connectivity index (χ1) is 13.0. The largest absolute Gasteiger partial charge is 0.481 e. The van der Waals surface area contributed by atoms with Crippen LogP contribution in [0.25, 0.3) is 10.2 Å². The number of carbonyl (C=O) groups is 2. The van der Waals surface area contributed by atoms with Gasteiger partial charge in [0.1, 0.15) is 10.1 Å². The quantitative estimate of drug-likeness (QED) is 0.453. The molecule has 3 rings (SSSR count). The summed E-state index contributed by atoms with van der Waals surface area (Å²) in [5.41, 5.74) is 1.47. The fourth-order valence-electron chi connectivity index (χ4n) is 2.50. The highest BCUT2D eigenvalue weighted by molar-refractivity contribution is 7.82. The van der Waals surface area contributed by atoms with Crippen molar-refractivity contribution in [2.75, 3.05) is 11.4 Å². The number of nitrogens with zero attached hydrogens (tertiary/aromatic N) is 3. The molecule has 27 heavy (non-hydrogen) atoms. The Hall–Kier alpha value is -2.65. The first kappa shape index (κ1) is 19.1. The van der Waals surface area contributed by atoms with Crippen LogP contribution in [0.2, 0.25) is 0 Å². The molecule has 0 aliphatic rings. The van der Waals surface area contributed by atoms with E-state index in [4.69, 9.17) is 9.84 Å². The minimum atomic E-state index is -0.853. The predicted octanol–water partition coefficient (Wildman–Crippen LogP) is 4.24. The molecule has 2 heterocycles. The molecule has 1 aromatic carbocycles. The number of thiazole rings is 1. The van der Waals surface area contributed by atoms with Gasteiger partial charge in [-0.2, -0.15) is 0 Å². The first-order valence-corrected chi connectivity index (χ1v) is 9.50. The molecular weight excluding hydrogens is 386 g/mol. The second-order valence-corrected chi connectivity index (χ2v) is 7.46. The topological polar surface area (TPSA) is 92.6 Å². The summed E-state index contributed by atoms with van der Waals surface area (Å²) in [5.74, 6) is -0.463. The van der Waals surface area contributed by atoms with Crippen LogP contribution in [0.3, 0.4) is 0 Å². The summed E-state index contributed by atoms with van der Waals surface area (Å²) in [4.78, 5) is 33.1. The number of hydrogen-bond acceptors (Lipinski definition) is 7. The zero-order valence-electron chi connectivity index (χ0n) is 14.2. The fourth-order valence-corrected chi connectivity index (χ4v) is 3.64. The molecule has 0 saturated carbocycles. The number of carboxylic acids is 1. The maximum Gasteiger partial charge on any atom is 0.419 e. The van der Waals surface area contributed by atoms with Gasteiger partial charge in [-0.1, -0.05) is 0 Å². The SMILES string of the molecule is O=C(O)CCCCN(C(=O)Oc1ccncc1)c1ccc2nc(S)sc2c1. The van der Waals surface area contributed by atoms with Crippen molar-refractivity contribution in [1.29, 1.82) is 0 Å². The number of pyridine rings is 1. The average molecular weight is 403 g/mol. The van der Waals surface area contributed by atoms with E-state index in [1.54, 1.807) is 18.2 Å². The Kier molecular flexibility index (Phi) is 6.25. The van der Waals surface area contributed by atoms with Crippen LogP contribution in [0.1, 0.15) is 19.3 Å². The lowest BCUT2D eigenvalue weighted by molar-refractivity contribution is -0.137. The Bertz CT molecular complexity index is 946. The van der Waals surface area contributed by atoms with Gasteiger partial charge >= 0.3 is 12.1 Å². The van der Waals surface area contributed by atoms with Crippen molar-refractivity contribution in [3.05, 3.63) is 42.7 Å². The van der Waals surface area contributed by atoms with Gasteiger partial charge < -0.3 is 9.84 Å². The zero-order chi connectivity index (χ0) is 19.2. The van der Waals surface area contributed by atoms with Crippen LogP contribution in [0.4, 0.5) is 10.5 Å². The molecule has 0 atom stereocenters. The zero-order valence-corrected chi connectivity index (χ0v) is 15.9. The van der Waals surface area contributed by atoms with Crippen LogP contribution >= 0.6 is 24.0 Å². The number of rotatable bonds is 7. The number of unbranched alkanes of at least 4 members (excludes halogenated alkanes) is 1. The molecule has 1 N–H and O–H groups in total. The molecule has 0 saturated heterocycles. The number of aliphatic carboxylic acids is 1. The summed E-state index contributed by atoms with van der Waals surface area (Å²) in [6, 6.07) is 8.67. The molecule has 1 amide bonds. The number of hydrogen-bond donors (Lipinski definition) is 2. The molecule has 0 aliphatic carbocycles. The van der Waals surface area contributed by atoms with Crippen molar-refractivity contribution in [3.63, 3.8) is 0 Å². The number of benzene rings is 1. The van der Waals surface area contributed by atoms with E-state index >= 15 is 0 Å². The summed E-state index contributed by atoms with van der Waals surface area (Å²) in [5, 5.41) is 8.80. The van der Waals surface area contributed by atoms with Gasteiger partial charge in [-0.05, 0) is 43.2 Å². The van der Waals surface area contributed by atoms with Gasteiger partial charge in [-0.3, -0.25) is 14.7 Å². The molecule has 2 aromatic heterocycles. The van der Waals surface area contributed by atoms with Crippen molar-refractivity contribution in [2.45, 2.75) is 23.6 Å². The van der Waals surface area contributed by atoms with Crippen LogP contribution in [-0.4, -0.2) is 33.7 Å². The van der Waals surface area contributed by atoms with E-state index in [9.17, 15) is 9.59 Å². The molecule has 3 aromatic rings. The molecule has 0 aliphatic heterocycles. The van der Waals surface area contributed by atoms with E-state index in [0.29, 0.717) is 35.2 Å². The number of fused-ring (bicyclic) bond motifs is 1. The van der Waals surface area contributed by atoms with Crippen LogP contribution in [-0.2, 0) is 4.79 Å². The second-order valence-electron chi connectivity index (χ2n) is 5.70. The Balaban J connectivity index is 1.80. The number of carbonyl (C=O) groups excluding carboxylic acids is 1. The normalized spacial score (nSPS) is 10.7. The van der Waals surface area contributed by atoms with Crippen LogP contribution in [0, 0.1) is 0 Å². The van der Waals surface area contributed by atoms with E-state index in [-0.39, 0.29) is 6.42 Å². The lowest BCUT2D eigenvalue weighted by Gasteiger charge is -2.22. The molecule has 0 radical (unpaired) electrons. The van der Waals surface area contributed by atoms with Crippen molar-refractivity contribution in [3.8, 4) is 5.75 Å². The van der Waals surface area contributed by atoms with Gasteiger partial charge in [-0.15, -0.1) is 24.0 Å². The molecule has 9 heteroatoms. The maximum atomic E-state index is 12.7. The second kappa shape index (κ2) is 8.83. The first-order valence-electron chi connectivity index (χ1n) is 8.23. The third-order valence-electron chi connectivity index (χ3n) is 3.77. The minimum Gasteiger partial charge on any atom is -0.481 e. The number of amides is 1. The molecule has 140 valence electrons. The molecule has 7 nitrogen and oxygen atoms in total. The third kappa shape index (κ3) is 5.18. The monoisotopic (exact) mass is 403 g/mol. The summed E-state index contributed by atoms with van der Waals surface area (Å²) in [7, 11) is 0. The van der Waals surface area contributed by atoms with E-state index in [1.165, 1.54) is 28.6 Å². The average Bonchev–Trinajstić information content (AvgIpc) is 3.01. The fraction of sp³-hybridized carbons (Fsp3) is 0.222. The van der Waals surface area contributed by atoms with Crippen molar-refractivity contribution in [1.82, 2.24) is 9.97 Å². The molecule has 0 bridgehead atoms. The summed E-state index contributed by atoms with van der Waals surface area (Å²) < 4.78 is 6.98. The molecule has 0 unspecified atom stereocenters. The molecular formula is C18H17N3O4S2. The Labute approximate surface area is 165 Å². The van der Waals surface area contributed by atoms with Crippen molar-refractivity contribution < 1.29 is 19.4 Å². The van der Waals surface area contributed by atoms with Crippen LogP contribution in [0.15, 0.2) is 47.1 Å².